The van der Waals surface area contributed by atoms with E-state index in [1.807, 2.05) is 12.1 Å². The SMILES string of the molecule is N#CC1(c2ccc(Cl)cc2)CCN(C(=O)CCl)CC1. The lowest BCUT2D eigenvalue weighted by molar-refractivity contribution is -0.129. The van der Waals surface area contributed by atoms with Gasteiger partial charge in [-0.2, -0.15) is 5.26 Å². The second-order valence-electron chi connectivity index (χ2n) is 4.72. The number of likely N-dealkylation sites (tertiary alicyclic amines) is 1. The summed E-state index contributed by atoms with van der Waals surface area (Å²) in [6.45, 7) is 1.14. The lowest BCUT2D eigenvalue weighted by Gasteiger charge is -2.37. The highest BCUT2D eigenvalue weighted by Crippen LogP contribution is 2.35. The Balaban J connectivity index is 2.17. The van der Waals surface area contributed by atoms with Gasteiger partial charge in [0.1, 0.15) is 5.88 Å². The van der Waals surface area contributed by atoms with Crippen molar-refractivity contribution in [1.82, 2.24) is 4.90 Å². The third-order valence-electron chi connectivity index (χ3n) is 3.69. The van der Waals surface area contributed by atoms with Crippen LogP contribution in [-0.2, 0) is 10.2 Å². The molecule has 0 aromatic heterocycles. The highest BCUT2D eigenvalue weighted by Gasteiger charge is 2.37. The van der Waals surface area contributed by atoms with Crippen molar-refractivity contribution >= 4 is 29.1 Å². The molecule has 0 bridgehead atoms. The van der Waals surface area contributed by atoms with Crippen molar-refractivity contribution in [3.05, 3.63) is 34.9 Å². The van der Waals surface area contributed by atoms with Crippen LogP contribution in [0.15, 0.2) is 24.3 Å². The van der Waals surface area contributed by atoms with Crippen molar-refractivity contribution in [2.24, 2.45) is 0 Å². The summed E-state index contributed by atoms with van der Waals surface area (Å²) >= 11 is 11.4. The maximum atomic E-state index is 11.5. The molecule has 0 saturated carbocycles. The summed E-state index contributed by atoms with van der Waals surface area (Å²) in [5, 5.41) is 10.2. The zero-order valence-electron chi connectivity index (χ0n) is 10.4. The Kier molecular flexibility index (Phi) is 4.34. The summed E-state index contributed by atoms with van der Waals surface area (Å²) in [6, 6.07) is 9.80. The van der Waals surface area contributed by atoms with E-state index in [4.69, 9.17) is 23.2 Å². The third-order valence-corrected chi connectivity index (χ3v) is 4.18. The van der Waals surface area contributed by atoms with Crippen molar-refractivity contribution in [1.29, 1.82) is 5.26 Å². The molecular formula is C14H14Cl2N2O. The van der Waals surface area contributed by atoms with E-state index in [9.17, 15) is 10.1 Å². The second kappa shape index (κ2) is 5.81. The summed E-state index contributed by atoms with van der Waals surface area (Å²) in [7, 11) is 0. The predicted molar refractivity (Wildman–Crippen MR) is 75.3 cm³/mol. The summed E-state index contributed by atoms with van der Waals surface area (Å²) < 4.78 is 0. The molecule has 3 nitrogen and oxygen atoms in total. The third kappa shape index (κ3) is 2.86. The number of piperidine rings is 1. The number of nitrogens with zero attached hydrogens (tertiary/aromatic N) is 2. The van der Waals surface area contributed by atoms with E-state index in [0.29, 0.717) is 31.0 Å². The van der Waals surface area contributed by atoms with E-state index in [0.717, 1.165) is 5.56 Å². The summed E-state index contributed by atoms with van der Waals surface area (Å²) in [4.78, 5) is 13.3. The minimum atomic E-state index is -0.520. The molecule has 100 valence electrons. The van der Waals surface area contributed by atoms with Crippen LogP contribution in [-0.4, -0.2) is 29.8 Å². The average Bonchev–Trinajstić information content (AvgIpc) is 2.47. The minimum absolute atomic E-state index is 0.000495. The Labute approximate surface area is 122 Å². The van der Waals surface area contributed by atoms with Crippen LogP contribution in [0.5, 0.6) is 0 Å². The van der Waals surface area contributed by atoms with Crippen LogP contribution in [0.3, 0.4) is 0 Å². The second-order valence-corrected chi connectivity index (χ2v) is 5.42. The van der Waals surface area contributed by atoms with Crippen LogP contribution in [0.1, 0.15) is 18.4 Å². The van der Waals surface area contributed by atoms with E-state index in [2.05, 4.69) is 6.07 Å². The summed E-state index contributed by atoms with van der Waals surface area (Å²) in [5.74, 6) is -0.0650. The molecule has 0 unspecified atom stereocenters. The van der Waals surface area contributed by atoms with Gasteiger partial charge < -0.3 is 4.90 Å². The van der Waals surface area contributed by atoms with Gasteiger partial charge in [0, 0.05) is 18.1 Å². The first-order chi connectivity index (χ1) is 9.11. The van der Waals surface area contributed by atoms with Gasteiger partial charge in [-0.05, 0) is 30.5 Å². The number of hydrogen-bond acceptors (Lipinski definition) is 2. The van der Waals surface area contributed by atoms with Gasteiger partial charge in [0.2, 0.25) is 5.91 Å². The molecule has 0 N–H and O–H groups in total. The van der Waals surface area contributed by atoms with Gasteiger partial charge in [-0.3, -0.25) is 4.79 Å². The fourth-order valence-electron chi connectivity index (χ4n) is 2.46. The average molecular weight is 297 g/mol. The lowest BCUT2D eigenvalue weighted by atomic mass is 9.74. The molecular weight excluding hydrogens is 283 g/mol. The van der Waals surface area contributed by atoms with Crippen LogP contribution in [0.25, 0.3) is 0 Å². The van der Waals surface area contributed by atoms with E-state index in [-0.39, 0.29) is 11.8 Å². The molecule has 0 radical (unpaired) electrons. The monoisotopic (exact) mass is 296 g/mol. The zero-order chi connectivity index (χ0) is 13.9. The number of nitriles is 1. The molecule has 1 aliphatic rings. The molecule has 1 fully saturated rings. The van der Waals surface area contributed by atoms with Crippen LogP contribution in [0, 0.1) is 11.3 Å². The van der Waals surface area contributed by atoms with Crippen LogP contribution < -0.4 is 0 Å². The van der Waals surface area contributed by atoms with E-state index < -0.39 is 5.41 Å². The van der Waals surface area contributed by atoms with Gasteiger partial charge in [0.25, 0.3) is 0 Å². The van der Waals surface area contributed by atoms with Crippen molar-refractivity contribution in [2.45, 2.75) is 18.3 Å². The molecule has 1 saturated heterocycles. The molecule has 19 heavy (non-hydrogen) atoms. The largest absolute Gasteiger partial charge is 0.342 e. The topological polar surface area (TPSA) is 44.1 Å². The summed E-state index contributed by atoms with van der Waals surface area (Å²) in [5.41, 5.74) is 0.450. The number of alkyl halides is 1. The summed E-state index contributed by atoms with van der Waals surface area (Å²) in [6.07, 6.45) is 1.27. The molecule has 2 rings (SSSR count). The number of carbonyl (C=O) groups is 1. The molecule has 0 spiro atoms. The smallest absolute Gasteiger partial charge is 0.237 e. The van der Waals surface area contributed by atoms with Crippen molar-refractivity contribution in [3.8, 4) is 6.07 Å². The van der Waals surface area contributed by atoms with Gasteiger partial charge in [-0.25, -0.2) is 0 Å². The quantitative estimate of drug-likeness (QED) is 0.788. The highest BCUT2D eigenvalue weighted by molar-refractivity contribution is 6.30. The zero-order valence-corrected chi connectivity index (χ0v) is 11.9. The molecule has 1 amide bonds. The van der Waals surface area contributed by atoms with Gasteiger partial charge in [-0.15, -0.1) is 11.6 Å². The number of carbonyl (C=O) groups excluding carboxylic acids is 1. The van der Waals surface area contributed by atoms with Crippen molar-refractivity contribution < 1.29 is 4.79 Å². The van der Waals surface area contributed by atoms with Crippen molar-refractivity contribution in [2.75, 3.05) is 19.0 Å². The molecule has 1 aliphatic heterocycles. The first-order valence-electron chi connectivity index (χ1n) is 6.12. The molecule has 1 heterocycles. The number of benzene rings is 1. The van der Waals surface area contributed by atoms with Gasteiger partial charge >= 0.3 is 0 Å². The number of halogens is 2. The number of amides is 1. The highest BCUT2D eigenvalue weighted by atomic mass is 35.5. The molecule has 5 heteroatoms. The Bertz CT molecular complexity index is 499. The Morgan fingerprint density at radius 2 is 1.89 bits per heavy atom. The minimum Gasteiger partial charge on any atom is -0.342 e. The normalized spacial score (nSPS) is 17.8. The standard InChI is InChI=1S/C14H14Cl2N2O/c15-9-13(19)18-7-5-14(10-17,6-8-18)11-1-3-12(16)4-2-11/h1-4H,5-9H2. The molecule has 0 aliphatic carbocycles. The van der Waals surface area contributed by atoms with E-state index in [1.165, 1.54) is 0 Å². The molecule has 1 aromatic rings. The van der Waals surface area contributed by atoms with Crippen LogP contribution >= 0.6 is 23.2 Å². The molecule has 0 atom stereocenters. The predicted octanol–water partition coefficient (Wildman–Crippen LogP) is 2.96. The first kappa shape index (κ1) is 14.2. The van der Waals surface area contributed by atoms with Gasteiger partial charge in [-0.1, -0.05) is 23.7 Å². The Hall–Kier alpha value is -1.24. The maximum Gasteiger partial charge on any atom is 0.237 e. The first-order valence-corrected chi connectivity index (χ1v) is 7.03. The number of hydrogen-bond donors (Lipinski definition) is 0. The van der Waals surface area contributed by atoms with Crippen LogP contribution in [0.4, 0.5) is 0 Å². The van der Waals surface area contributed by atoms with Crippen molar-refractivity contribution in [3.63, 3.8) is 0 Å². The Morgan fingerprint density at radius 1 is 1.32 bits per heavy atom. The van der Waals surface area contributed by atoms with Gasteiger partial charge in [0.15, 0.2) is 0 Å². The Morgan fingerprint density at radius 3 is 2.37 bits per heavy atom. The fourth-order valence-corrected chi connectivity index (χ4v) is 2.75. The van der Waals surface area contributed by atoms with Crippen LogP contribution in [0.2, 0.25) is 5.02 Å². The lowest BCUT2D eigenvalue weighted by Crippen LogP contribution is -2.45. The maximum absolute atomic E-state index is 11.5. The fraction of sp³-hybridized carbons (Fsp3) is 0.429. The molecule has 1 aromatic carbocycles. The number of rotatable bonds is 2. The van der Waals surface area contributed by atoms with E-state index in [1.54, 1.807) is 17.0 Å². The van der Waals surface area contributed by atoms with Gasteiger partial charge in [0.05, 0.1) is 11.5 Å². The van der Waals surface area contributed by atoms with E-state index >= 15 is 0 Å².